The second kappa shape index (κ2) is 11.9. The van der Waals surface area contributed by atoms with Gasteiger partial charge in [0.2, 0.25) is 9.70 Å². The highest BCUT2D eigenvalue weighted by Crippen LogP contribution is 2.44. The van der Waals surface area contributed by atoms with Gasteiger partial charge in [-0.15, -0.1) is 11.3 Å². The molecule has 0 aliphatic carbocycles. The molecule has 1 fully saturated rings. The van der Waals surface area contributed by atoms with Crippen LogP contribution in [0.25, 0.3) is 0 Å². The minimum atomic E-state index is -1.87. The summed E-state index contributed by atoms with van der Waals surface area (Å²) >= 11 is 18.3. The number of ether oxygens (including phenoxy) is 1. The van der Waals surface area contributed by atoms with Crippen molar-refractivity contribution >= 4 is 85.5 Å². The third kappa shape index (κ3) is 7.19. The van der Waals surface area contributed by atoms with E-state index in [0.29, 0.717) is 4.34 Å². The van der Waals surface area contributed by atoms with Crippen LogP contribution < -0.4 is 5.32 Å². The molecule has 1 aromatic carbocycles. The molecule has 2 N–H and O–H groups in total. The van der Waals surface area contributed by atoms with Crippen molar-refractivity contribution in [2.45, 2.75) is 32.9 Å². The minimum absolute atomic E-state index is 0.0780. The van der Waals surface area contributed by atoms with E-state index in [2.05, 4.69) is 10.3 Å². The molecular weight excluding hydrogens is 565 g/mol. The number of carbonyl (C=O) groups is 3. The van der Waals surface area contributed by atoms with Gasteiger partial charge >= 0.3 is 5.97 Å². The molecule has 182 valence electrons. The van der Waals surface area contributed by atoms with Crippen molar-refractivity contribution in [2.75, 3.05) is 6.61 Å². The normalized spacial score (nSPS) is 18.7. The van der Waals surface area contributed by atoms with Crippen LogP contribution in [0.4, 0.5) is 0 Å². The maximum absolute atomic E-state index is 13.0. The standard InChI is InChI=1S/C20H18Cl3N3O5S3/c1-11(27)15(18(30)31-10-20(21,22)23)26-16(29)14(17(26)33-34-19-24-7-8-32-19)25-13(28)9-12-5-3-2-4-6-12/h2-8,14,17,27H,9-10H2,1H3,(H,25,28). The Morgan fingerprint density at radius 1 is 1.29 bits per heavy atom. The fourth-order valence-corrected chi connectivity index (χ4v) is 6.61. The number of esters is 1. The Morgan fingerprint density at radius 2 is 2.00 bits per heavy atom. The predicted octanol–water partition coefficient (Wildman–Crippen LogP) is 4.48. The second-order valence-electron chi connectivity index (χ2n) is 6.91. The number of alkyl halides is 3. The zero-order valence-corrected chi connectivity index (χ0v) is 22.2. The third-order valence-electron chi connectivity index (χ3n) is 4.34. The Kier molecular flexibility index (Phi) is 9.41. The number of aromatic nitrogens is 1. The number of aliphatic hydroxyl groups excluding tert-OH is 1. The van der Waals surface area contributed by atoms with Gasteiger partial charge in [0.1, 0.15) is 23.8 Å². The van der Waals surface area contributed by atoms with Crippen LogP contribution in [0.15, 0.2) is 57.7 Å². The summed E-state index contributed by atoms with van der Waals surface area (Å²) in [5.74, 6) is -2.45. The number of hydrogen-bond donors (Lipinski definition) is 2. The largest absolute Gasteiger partial charge is 0.510 e. The molecule has 0 bridgehead atoms. The lowest BCUT2D eigenvalue weighted by molar-refractivity contribution is -0.153. The van der Waals surface area contributed by atoms with Gasteiger partial charge in [-0.25, -0.2) is 9.78 Å². The Bertz CT molecular complexity index is 1060. The van der Waals surface area contributed by atoms with Gasteiger partial charge in [-0.3, -0.25) is 14.5 Å². The fourth-order valence-electron chi connectivity index (χ4n) is 2.92. The first-order valence-electron chi connectivity index (χ1n) is 9.59. The smallest absolute Gasteiger partial charge is 0.358 e. The van der Waals surface area contributed by atoms with Crippen LogP contribution >= 0.6 is 67.7 Å². The maximum atomic E-state index is 13.0. The summed E-state index contributed by atoms with van der Waals surface area (Å²) < 4.78 is 3.81. The molecular formula is C20H18Cl3N3O5S3. The first-order chi connectivity index (χ1) is 16.1. The van der Waals surface area contributed by atoms with E-state index in [1.807, 2.05) is 18.2 Å². The van der Waals surface area contributed by atoms with Gasteiger partial charge in [-0.05, 0) is 23.3 Å². The number of likely N-dealkylation sites (tertiary alicyclic amines) is 1. The number of allylic oxidation sites excluding steroid dienone is 1. The van der Waals surface area contributed by atoms with Crippen LogP contribution in [0.5, 0.6) is 0 Å². The summed E-state index contributed by atoms with van der Waals surface area (Å²) in [5, 5.41) is 13.9. The van der Waals surface area contributed by atoms with Gasteiger partial charge in [-0.2, -0.15) is 0 Å². The van der Waals surface area contributed by atoms with Crippen LogP contribution in [-0.4, -0.2) is 54.6 Å². The number of halogens is 3. The molecule has 2 aromatic rings. The topological polar surface area (TPSA) is 109 Å². The van der Waals surface area contributed by atoms with Crippen LogP contribution in [0.1, 0.15) is 12.5 Å². The van der Waals surface area contributed by atoms with Crippen LogP contribution in [0.3, 0.4) is 0 Å². The third-order valence-corrected chi connectivity index (χ3v) is 8.46. The lowest BCUT2D eigenvalue weighted by Crippen LogP contribution is -2.69. The first-order valence-corrected chi connectivity index (χ1v) is 13.8. The number of aliphatic hydroxyl groups is 1. The Morgan fingerprint density at radius 3 is 2.59 bits per heavy atom. The zero-order chi connectivity index (χ0) is 24.9. The van der Waals surface area contributed by atoms with E-state index in [1.165, 1.54) is 39.8 Å². The molecule has 14 heteroatoms. The summed E-state index contributed by atoms with van der Waals surface area (Å²) in [6.45, 7) is 0.647. The maximum Gasteiger partial charge on any atom is 0.358 e. The average Bonchev–Trinajstić information content (AvgIpc) is 3.29. The molecule has 2 amide bonds. The van der Waals surface area contributed by atoms with Gasteiger partial charge < -0.3 is 15.2 Å². The highest BCUT2D eigenvalue weighted by molar-refractivity contribution is 8.77. The Hall–Kier alpha value is -1.63. The molecule has 1 aromatic heterocycles. The number of thiazole rings is 1. The number of amides is 2. The number of rotatable bonds is 9. The quantitative estimate of drug-likeness (QED) is 0.111. The molecule has 2 atom stereocenters. The zero-order valence-electron chi connectivity index (χ0n) is 17.4. The number of nitrogens with zero attached hydrogens (tertiary/aromatic N) is 2. The van der Waals surface area contributed by atoms with Gasteiger partial charge in [0.15, 0.2) is 10.0 Å². The van der Waals surface area contributed by atoms with Gasteiger partial charge in [0.05, 0.1) is 6.42 Å². The SMILES string of the molecule is CC(O)=C(C(=O)OCC(Cl)(Cl)Cl)N1C(=O)C(NC(=O)Cc2ccccc2)C1SSc1nccs1. The van der Waals surface area contributed by atoms with E-state index in [1.54, 1.807) is 23.7 Å². The van der Waals surface area contributed by atoms with Crippen molar-refractivity contribution in [1.29, 1.82) is 0 Å². The van der Waals surface area contributed by atoms with E-state index < -0.39 is 45.1 Å². The van der Waals surface area contributed by atoms with E-state index in [-0.39, 0.29) is 12.3 Å². The summed E-state index contributed by atoms with van der Waals surface area (Å²) in [6.07, 6.45) is 1.71. The molecule has 2 unspecified atom stereocenters. The Labute approximate surface area is 222 Å². The summed E-state index contributed by atoms with van der Waals surface area (Å²) in [4.78, 5) is 43.5. The first kappa shape index (κ1) is 27.0. The van der Waals surface area contributed by atoms with Gasteiger partial charge in [0, 0.05) is 11.6 Å². The highest BCUT2D eigenvalue weighted by atomic mass is 35.6. The second-order valence-corrected chi connectivity index (χ2v) is 12.9. The van der Waals surface area contributed by atoms with Crippen molar-refractivity contribution < 1.29 is 24.2 Å². The van der Waals surface area contributed by atoms with E-state index in [4.69, 9.17) is 39.5 Å². The van der Waals surface area contributed by atoms with Crippen molar-refractivity contribution in [1.82, 2.24) is 15.2 Å². The lowest BCUT2D eigenvalue weighted by Gasteiger charge is -2.46. The van der Waals surface area contributed by atoms with Crippen molar-refractivity contribution in [2.24, 2.45) is 0 Å². The lowest BCUT2D eigenvalue weighted by atomic mass is 10.0. The summed E-state index contributed by atoms with van der Waals surface area (Å²) in [5.41, 5.74) is 0.386. The van der Waals surface area contributed by atoms with E-state index in [0.717, 1.165) is 10.5 Å². The number of β-lactam (4-membered cyclic amide) rings is 1. The molecule has 0 radical (unpaired) electrons. The molecule has 34 heavy (non-hydrogen) atoms. The molecule has 0 spiro atoms. The highest BCUT2D eigenvalue weighted by Gasteiger charge is 2.53. The Balaban J connectivity index is 1.77. The molecule has 1 saturated heterocycles. The minimum Gasteiger partial charge on any atom is -0.510 e. The summed E-state index contributed by atoms with van der Waals surface area (Å²) in [6, 6.07) is 8.12. The van der Waals surface area contributed by atoms with Crippen LogP contribution in [0.2, 0.25) is 0 Å². The molecule has 1 aliphatic rings. The number of hydrogen-bond acceptors (Lipinski definition) is 9. The van der Waals surface area contributed by atoms with Gasteiger partial charge in [0.25, 0.3) is 5.91 Å². The van der Waals surface area contributed by atoms with Crippen molar-refractivity contribution in [3.05, 3.63) is 58.9 Å². The van der Waals surface area contributed by atoms with Crippen molar-refractivity contribution in [3.63, 3.8) is 0 Å². The summed E-state index contributed by atoms with van der Waals surface area (Å²) in [7, 11) is 2.47. The number of benzene rings is 1. The average molecular weight is 583 g/mol. The number of carbonyl (C=O) groups excluding carboxylic acids is 3. The van der Waals surface area contributed by atoms with Gasteiger partial charge in [-0.1, -0.05) is 75.9 Å². The molecule has 8 nitrogen and oxygen atoms in total. The van der Waals surface area contributed by atoms with Crippen LogP contribution in [0, 0.1) is 0 Å². The monoisotopic (exact) mass is 581 g/mol. The predicted molar refractivity (Wildman–Crippen MR) is 135 cm³/mol. The fraction of sp³-hybridized carbons (Fsp3) is 0.300. The molecule has 2 heterocycles. The molecule has 0 saturated carbocycles. The van der Waals surface area contributed by atoms with E-state index in [9.17, 15) is 19.5 Å². The molecule has 1 aliphatic heterocycles. The van der Waals surface area contributed by atoms with E-state index >= 15 is 0 Å². The van der Waals surface area contributed by atoms with Crippen molar-refractivity contribution in [3.8, 4) is 0 Å². The van der Waals surface area contributed by atoms with Crippen LogP contribution in [-0.2, 0) is 25.5 Å². The molecule has 3 rings (SSSR count). The number of nitrogens with one attached hydrogen (secondary N) is 1.